The van der Waals surface area contributed by atoms with Gasteiger partial charge < -0.3 is 4.74 Å². The Bertz CT molecular complexity index is 208. The molecule has 1 aliphatic carbocycles. The Balaban J connectivity index is 2.60. The highest BCUT2D eigenvalue weighted by Crippen LogP contribution is 2.40. The summed E-state index contributed by atoms with van der Waals surface area (Å²) in [5, 5.41) is 0. The number of carbonyl (C=O) groups excluding carboxylic acids is 1. The van der Waals surface area contributed by atoms with Crippen LogP contribution in [0, 0.1) is 11.3 Å². The van der Waals surface area contributed by atoms with Gasteiger partial charge >= 0.3 is 5.97 Å². The number of hydrogen-bond acceptors (Lipinski definition) is 2. The molecule has 0 radical (unpaired) electrons. The monoisotopic (exact) mass is 198 g/mol. The van der Waals surface area contributed by atoms with Gasteiger partial charge in [0.2, 0.25) is 0 Å². The summed E-state index contributed by atoms with van der Waals surface area (Å²) in [6.07, 6.45) is 4.74. The fraction of sp³-hybridized carbons (Fsp3) is 0.917. The van der Waals surface area contributed by atoms with Crippen LogP contribution in [-0.2, 0) is 9.53 Å². The summed E-state index contributed by atoms with van der Waals surface area (Å²) >= 11 is 0. The second kappa shape index (κ2) is 4.33. The largest absolute Gasteiger partial charge is 0.462 e. The molecule has 0 aliphatic heterocycles. The van der Waals surface area contributed by atoms with Crippen molar-refractivity contribution in [3.8, 4) is 0 Å². The average molecular weight is 198 g/mol. The first kappa shape index (κ1) is 11.5. The predicted octanol–water partition coefficient (Wildman–Crippen LogP) is 3.15. The second-order valence-corrected chi connectivity index (χ2v) is 5.22. The van der Waals surface area contributed by atoms with E-state index >= 15 is 0 Å². The van der Waals surface area contributed by atoms with Gasteiger partial charge in [0.25, 0.3) is 0 Å². The quantitative estimate of drug-likeness (QED) is 0.637. The van der Waals surface area contributed by atoms with Gasteiger partial charge in [0.1, 0.15) is 6.10 Å². The van der Waals surface area contributed by atoms with E-state index in [9.17, 15) is 4.79 Å². The Hall–Kier alpha value is -0.530. The zero-order chi connectivity index (χ0) is 10.8. The third-order valence-electron chi connectivity index (χ3n) is 3.31. The van der Waals surface area contributed by atoms with E-state index in [-0.39, 0.29) is 12.1 Å². The van der Waals surface area contributed by atoms with E-state index < -0.39 is 0 Å². The summed E-state index contributed by atoms with van der Waals surface area (Å²) in [5.41, 5.74) is 0.339. The Labute approximate surface area is 87.0 Å². The summed E-state index contributed by atoms with van der Waals surface area (Å²) in [6, 6.07) is 0. The van der Waals surface area contributed by atoms with Crippen LogP contribution in [0.15, 0.2) is 0 Å². The van der Waals surface area contributed by atoms with Gasteiger partial charge in [-0.3, -0.25) is 4.79 Å². The van der Waals surface area contributed by atoms with Crippen molar-refractivity contribution in [1.29, 1.82) is 0 Å². The fourth-order valence-corrected chi connectivity index (χ4v) is 2.39. The molecule has 1 aliphatic rings. The molecule has 2 nitrogen and oxygen atoms in total. The predicted molar refractivity (Wildman–Crippen MR) is 57.0 cm³/mol. The molecule has 0 saturated heterocycles. The van der Waals surface area contributed by atoms with Gasteiger partial charge in [-0.15, -0.1) is 0 Å². The lowest BCUT2D eigenvalue weighted by Gasteiger charge is -2.39. The summed E-state index contributed by atoms with van der Waals surface area (Å²) in [7, 11) is 0. The van der Waals surface area contributed by atoms with Gasteiger partial charge in [-0.25, -0.2) is 0 Å². The van der Waals surface area contributed by atoms with E-state index in [0.29, 0.717) is 11.3 Å². The summed E-state index contributed by atoms with van der Waals surface area (Å²) < 4.78 is 5.39. The standard InChI is InChI=1S/C12H22O2/c1-5-10-6-7-12(3,4)8-11(10)14-9(2)13/h10-11H,5-8H2,1-4H3. The topological polar surface area (TPSA) is 26.3 Å². The van der Waals surface area contributed by atoms with Gasteiger partial charge in [-0.05, 0) is 37.0 Å². The number of esters is 1. The van der Waals surface area contributed by atoms with Crippen LogP contribution in [0.2, 0.25) is 0 Å². The minimum absolute atomic E-state index is 0.133. The zero-order valence-corrected chi connectivity index (χ0v) is 9.80. The van der Waals surface area contributed by atoms with E-state index in [4.69, 9.17) is 4.74 Å². The molecule has 0 bridgehead atoms. The van der Waals surface area contributed by atoms with Crippen molar-refractivity contribution in [2.75, 3.05) is 0 Å². The van der Waals surface area contributed by atoms with E-state index in [1.165, 1.54) is 19.8 Å². The molecule has 2 heteroatoms. The van der Waals surface area contributed by atoms with E-state index in [2.05, 4.69) is 20.8 Å². The van der Waals surface area contributed by atoms with E-state index in [0.717, 1.165) is 12.8 Å². The third-order valence-corrected chi connectivity index (χ3v) is 3.31. The van der Waals surface area contributed by atoms with Gasteiger partial charge in [-0.2, -0.15) is 0 Å². The van der Waals surface area contributed by atoms with Gasteiger partial charge in [-0.1, -0.05) is 20.8 Å². The Morgan fingerprint density at radius 3 is 2.64 bits per heavy atom. The highest BCUT2D eigenvalue weighted by molar-refractivity contribution is 5.66. The van der Waals surface area contributed by atoms with Crippen molar-refractivity contribution in [2.45, 2.75) is 59.5 Å². The van der Waals surface area contributed by atoms with Gasteiger partial charge in [0, 0.05) is 6.92 Å². The molecule has 0 aromatic rings. The molecule has 1 fully saturated rings. The van der Waals surface area contributed by atoms with E-state index in [1.807, 2.05) is 0 Å². The van der Waals surface area contributed by atoms with Crippen molar-refractivity contribution in [3.63, 3.8) is 0 Å². The molecule has 2 unspecified atom stereocenters. The van der Waals surface area contributed by atoms with Crippen molar-refractivity contribution >= 4 is 5.97 Å². The normalized spacial score (nSPS) is 31.1. The highest BCUT2D eigenvalue weighted by atomic mass is 16.5. The zero-order valence-electron chi connectivity index (χ0n) is 9.80. The molecular formula is C12H22O2. The van der Waals surface area contributed by atoms with Crippen LogP contribution in [0.1, 0.15) is 53.4 Å². The molecule has 1 rings (SSSR count). The van der Waals surface area contributed by atoms with Crippen LogP contribution in [0.3, 0.4) is 0 Å². The number of rotatable bonds is 2. The first-order valence-corrected chi connectivity index (χ1v) is 5.62. The molecule has 0 heterocycles. The Kier molecular flexibility index (Phi) is 3.57. The molecule has 0 aromatic carbocycles. The van der Waals surface area contributed by atoms with E-state index in [1.54, 1.807) is 0 Å². The minimum atomic E-state index is -0.133. The lowest BCUT2D eigenvalue weighted by atomic mass is 9.71. The van der Waals surface area contributed by atoms with Crippen LogP contribution in [0.4, 0.5) is 0 Å². The molecule has 2 atom stereocenters. The summed E-state index contributed by atoms with van der Waals surface area (Å²) in [4.78, 5) is 11.0. The smallest absolute Gasteiger partial charge is 0.302 e. The third kappa shape index (κ3) is 3.00. The molecule has 0 amide bonds. The van der Waals surface area contributed by atoms with Crippen molar-refractivity contribution in [3.05, 3.63) is 0 Å². The van der Waals surface area contributed by atoms with Crippen LogP contribution in [0.25, 0.3) is 0 Å². The van der Waals surface area contributed by atoms with Crippen molar-refractivity contribution < 1.29 is 9.53 Å². The maximum absolute atomic E-state index is 11.0. The molecular weight excluding hydrogens is 176 g/mol. The first-order chi connectivity index (χ1) is 6.44. The molecule has 0 aromatic heterocycles. The molecule has 0 N–H and O–H groups in total. The number of carbonyl (C=O) groups is 1. The average Bonchev–Trinajstić information content (AvgIpc) is 2.01. The molecule has 0 spiro atoms. The molecule has 82 valence electrons. The molecule has 14 heavy (non-hydrogen) atoms. The molecule has 1 saturated carbocycles. The lowest BCUT2D eigenvalue weighted by molar-refractivity contribution is -0.153. The van der Waals surface area contributed by atoms with Gasteiger partial charge in [0.15, 0.2) is 0 Å². The number of hydrogen-bond donors (Lipinski definition) is 0. The highest BCUT2D eigenvalue weighted by Gasteiger charge is 2.35. The maximum Gasteiger partial charge on any atom is 0.302 e. The Morgan fingerprint density at radius 2 is 2.14 bits per heavy atom. The second-order valence-electron chi connectivity index (χ2n) is 5.22. The lowest BCUT2D eigenvalue weighted by Crippen LogP contribution is -2.36. The Morgan fingerprint density at radius 1 is 1.50 bits per heavy atom. The van der Waals surface area contributed by atoms with Crippen LogP contribution in [0.5, 0.6) is 0 Å². The summed E-state index contributed by atoms with van der Waals surface area (Å²) in [5.74, 6) is 0.443. The van der Waals surface area contributed by atoms with Crippen LogP contribution in [-0.4, -0.2) is 12.1 Å². The van der Waals surface area contributed by atoms with Crippen LogP contribution >= 0.6 is 0 Å². The fourth-order valence-electron chi connectivity index (χ4n) is 2.39. The first-order valence-electron chi connectivity index (χ1n) is 5.62. The van der Waals surface area contributed by atoms with Crippen LogP contribution < -0.4 is 0 Å². The SMILES string of the molecule is CCC1CCC(C)(C)CC1OC(C)=O. The minimum Gasteiger partial charge on any atom is -0.462 e. The number of ether oxygens (including phenoxy) is 1. The summed E-state index contributed by atoms with van der Waals surface area (Å²) in [6.45, 7) is 8.21. The van der Waals surface area contributed by atoms with Gasteiger partial charge in [0.05, 0.1) is 0 Å². The van der Waals surface area contributed by atoms with Crippen molar-refractivity contribution in [2.24, 2.45) is 11.3 Å². The maximum atomic E-state index is 11.0. The van der Waals surface area contributed by atoms with Crippen molar-refractivity contribution in [1.82, 2.24) is 0 Å².